The van der Waals surface area contributed by atoms with Crippen molar-refractivity contribution >= 4 is 27.7 Å². The van der Waals surface area contributed by atoms with Gasteiger partial charge < -0.3 is 14.5 Å². The molecule has 6 rings (SSSR count). The molecule has 4 aromatic rings. The van der Waals surface area contributed by atoms with Gasteiger partial charge in [0.2, 0.25) is 11.8 Å². The van der Waals surface area contributed by atoms with Crippen molar-refractivity contribution in [1.82, 2.24) is 24.8 Å². The number of anilines is 2. The van der Waals surface area contributed by atoms with Crippen LogP contribution in [0, 0.1) is 13.8 Å². The van der Waals surface area contributed by atoms with E-state index in [9.17, 15) is 13.2 Å². The van der Waals surface area contributed by atoms with Crippen LogP contribution in [-0.2, 0) is 16.6 Å². The number of aryl methyl sites for hydroxylation is 2. The van der Waals surface area contributed by atoms with Crippen molar-refractivity contribution in [2.45, 2.75) is 83.1 Å². The maximum atomic E-state index is 15.5. The number of sulfonamides is 1. The number of halogens is 1. The van der Waals surface area contributed by atoms with E-state index in [0.717, 1.165) is 36.1 Å². The molecule has 0 spiro atoms. The highest BCUT2D eigenvalue weighted by atomic mass is 32.2. The van der Waals surface area contributed by atoms with Crippen LogP contribution in [-0.4, -0.2) is 70.1 Å². The summed E-state index contributed by atoms with van der Waals surface area (Å²) in [5.74, 6) is 0.0924. The fourth-order valence-electron chi connectivity index (χ4n) is 6.46. The lowest BCUT2D eigenvalue weighted by Gasteiger charge is -2.34. The standard InChI is InChI=1S/C35H40FN7O4S/c1-22-9-6-10-23(2)32(22)29-16-31-40-34(39-29)41-48(45,46)28-13-7-12-25(15-28)33(44)43(27(21-47-31)17-35(4,5)36)20-26-18-37-19-30(38-26)42-14-8-11-24(42)3/h6-7,9-10,12-13,15-16,18-19,24,27H,8,11,14,17,20-21H2,1-5H3,(H,39,40,41)/t24-,27-/m1/s1. The summed E-state index contributed by atoms with van der Waals surface area (Å²) in [6.45, 7) is 9.63. The number of alkyl halides is 1. The highest BCUT2D eigenvalue weighted by molar-refractivity contribution is 7.92. The second-order valence-electron chi connectivity index (χ2n) is 13.2. The van der Waals surface area contributed by atoms with E-state index in [4.69, 9.17) is 9.72 Å². The maximum Gasteiger partial charge on any atom is 0.264 e. The molecule has 11 nitrogen and oxygen atoms in total. The van der Waals surface area contributed by atoms with Gasteiger partial charge in [0.1, 0.15) is 18.1 Å². The summed E-state index contributed by atoms with van der Waals surface area (Å²) in [7, 11) is -4.23. The fraction of sp³-hybridized carbons (Fsp3) is 0.400. The van der Waals surface area contributed by atoms with E-state index < -0.39 is 27.6 Å². The van der Waals surface area contributed by atoms with E-state index >= 15 is 4.39 Å². The Bertz CT molecular complexity index is 1930. The quantitative estimate of drug-likeness (QED) is 0.267. The molecule has 48 heavy (non-hydrogen) atoms. The van der Waals surface area contributed by atoms with E-state index in [2.05, 4.69) is 31.5 Å². The van der Waals surface area contributed by atoms with Crippen molar-refractivity contribution < 1.29 is 22.3 Å². The van der Waals surface area contributed by atoms with Gasteiger partial charge in [0.15, 0.2) is 0 Å². The molecule has 2 aliphatic heterocycles. The lowest BCUT2D eigenvalue weighted by atomic mass is 9.99. The second kappa shape index (κ2) is 13.1. The first-order chi connectivity index (χ1) is 22.8. The van der Waals surface area contributed by atoms with E-state index in [0.29, 0.717) is 23.2 Å². The molecule has 0 aliphatic carbocycles. The van der Waals surface area contributed by atoms with Gasteiger partial charge in [-0.25, -0.2) is 27.5 Å². The summed E-state index contributed by atoms with van der Waals surface area (Å²) < 4.78 is 51.5. The van der Waals surface area contributed by atoms with Gasteiger partial charge in [-0.2, -0.15) is 4.98 Å². The molecule has 1 fully saturated rings. The first kappa shape index (κ1) is 33.3. The highest BCUT2D eigenvalue weighted by Crippen LogP contribution is 2.31. The van der Waals surface area contributed by atoms with Gasteiger partial charge in [-0.3, -0.25) is 9.78 Å². The zero-order chi connectivity index (χ0) is 34.2. The smallest absolute Gasteiger partial charge is 0.264 e. The van der Waals surface area contributed by atoms with Crippen molar-refractivity contribution in [3.05, 3.63) is 83.3 Å². The van der Waals surface area contributed by atoms with Gasteiger partial charge >= 0.3 is 0 Å². The van der Waals surface area contributed by atoms with Gasteiger partial charge in [0, 0.05) is 36.2 Å². The van der Waals surface area contributed by atoms with Crippen LogP contribution >= 0.6 is 0 Å². The predicted octanol–water partition coefficient (Wildman–Crippen LogP) is 5.88. The molecule has 0 radical (unpaired) electrons. The average molecular weight is 674 g/mol. The van der Waals surface area contributed by atoms with Crippen LogP contribution in [0.1, 0.15) is 67.2 Å². The number of carbonyl (C=O) groups excluding carboxylic acids is 1. The lowest BCUT2D eigenvalue weighted by Crippen LogP contribution is -2.46. The van der Waals surface area contributed by atoms with Crippen molar-refractivity contribution in [2.24, 2.45) is 0 Å². The molecule has 1 saturated heterocycles. The Balaban J connectivity index is 1.47. The van der Waals surface area contributed by atoms with Crippen LogP contribution in [0.3, 0.4) is 0 Å². The summed E-state index contributed by atoms with van der Waals surface area (Å²) in [6, 6.07) is 12.7. The molecule has 1 N–H and O–H groups in total. The first-order valence-electron chi connectivity index (χ1n) is 16.1. The molecular weight excluding hydrogens is 633 g/mol. The molecule has 1 amide bonds. The molecule has 2 aromatic carbocycles. The second-order valence-corrected chi connectivity index (χ2v) is 14.9. The van der Waals surface area contributed by atoms with E-state index in [1.165, 1.54) is 43.0 Å². The monoisotopic (exact) mass is 673 g/mol. The summed E-state index contributed by atoms with van der Waals surface area (Å²) in [5, 5.41) is 0. The van der Waals surface area contributed by atoms with E-state index in [1.54, 1.807) is 18.5 Å². The van der Waals surface area contributed by atoms with Gasteiger partial charge in [0.05, 0.1) is 41.3 Å². The van der Waals surface area contributed by atoms with Gasteiger partial charge in [-0.05, 0) is 76.8 Å². The van der Waals surface area contributed by atoms with Crippen molar-refractivity contribution in [3.8, 4) is 17.1 Å². The molecule has 13 heteroatoms. The summed E-state index contributed by atoms with van der Waals surface area (Å²) in [5.41, 5.74) is 2.06. The Morgan fingerprint density at radius 3 is 2.50 bits per heavy atom. The maximum absolute atomic E-state index is 15.5. The number of benzene rings is 2. The number of nitrogens with one attached hydrogen (secondary N) is 1. The fourth-order valence-corrected chi connectivity index (χ4v) is 7.45. The minimum Gasteiger partial charge on any atom is -0.475 e. The van der Waals surface area contributed by atoms with Crippen LogP contribution in [0.5, 0.6) is 5.88 Å². The largest absolute Gasteiger partial charge is 0.475 e. The molecule has 2 aliphatic rings. The molecule has 0 saturated carbocycles. The Kier molecular flexibility index (Phi) is 9.08. The molecule has 0 unspecified atom stereocenters. The number of carbonyl (C=O) groups is 1. The van der Waals surface area contributed by atoms with Crippen molar-refractivity contribution in [1.29, 1.82) is 0 Å². The van der Waals surface area contributed by atoms with Gasteiger partial charge in [-0.1, -0.05) is 24.3 Å². The Hall–Kier alpha value is -4.65. The number of aromatic nitrogens is 4. The Labute approximate surface area is 280 Å². The average Bonchev–Trinajstić information content (AvgIpc) is 3.46. The number of ether oxygens (including phenoxy) is 1. The third-order valence-electron chi connectivity index (χ3n) is 8.75. The van der Waals surface area contributed by atoms with E-state index in [1.807, 2.05) is 32.0 Å². The predicted molar refractivity (Wildman–Crippen MR) is 181 cm³/mol. The van der Waals surface area contributed by atoms with Crippen molar-refractivity contribution in [2.75, 3.05) is 22.8 Å². The number of hydrogen-bond donors (Lipinski definition) is 1. The minimum atomic E-state index is -4.23. The summed E-state index contributed by atoms with van der Waals surface area (Å²) in [6.07, 6.45) is 5.32. The SMILES string of the molecule is Cc1cccc(C)c1-c1cc2nc(n1)NS(=O)(=O)c1cccc(c1)C(=O)N(Cc1cncc(N3CCC[C@H]3C)n1)[C@H](CC(C)(C)F)CO2. The lowest BCUT2D eigenvalue weighted by molar-refractivity contribution is 0.0449. The molecule has 252 valence electrons. The molecule has 4 bridgehead atoms. The minimum absolute atomic E-state index is 0.0100. The van der Waals surface area contributed by atoms with E-state index in [-0.39, 0.29) is 41.9 Å². The van der Waals surface area contributed by atoms with Crippen LogP contribution in [0.15, 0.2) is 65.8 Å². The summed E-state index contributed by atoms with van der Waals surface area (Å²) in [4.78, 5) is 36.1. The molecule has 2 atom stereocenters. The number of rotatable bonds is 6. The zero-order valence-electron chi connectivity index (χ0n) is 27.8. The van der Waals surface area contributed by atoms with Crippen LogP contribution in [0.25, 0.3) is 11.3 Å². The van der Waals surface area contributed by atoms with Crippen LogP contribution < -0.4 is 14.4 Å². The van der Waals surface area contributed by atoms with Crippen LogP contribution in [0.2, 0.25) is 0 Å². The normalized spacial score (nSPS) is 19.5. The number of fused-ring (bicyclic) bond motifs is 4. The van der Waals surface area contributed by atoms with Crippen LogP contribution in [0.4, 0.5) is 16.2 Å². The molecular formula is C35H40FN7O4S. The van der Waals surface area contributed by atoms with Gasteiger partial charge in [0.25, 0.3) is 15.9 Å². The summed E-state index contributed by atoms with van der Waals surface area (Å²) >= 11 is 0. The number of amides is 1. The number of nitrogens with zero attached hydrogens (tertiary/aromatic N) is 6. The first-order valence-corrected chi connectivity index (χ1v) is 17.5. The Morgan fingerprint density at radius 2 is 1.79 bits per heavy atom. The third kappa shape index (κ3) is 7.25. The molecule has 4 heterocycles. The van der Waals surface area contributed by atoms with Gasteiger partial charge in [-0.15, -0.1) is 0 Å². The highest BCUT2D eigenvalue weighted by Gasteiger charge is 2.34. The van der Waals surface area contributed by atoms with Crippen molar-refractivity contribution in [3.63, 3.8) is 0 Å². The number of hydrogen-bond acceptors (Lipinski definition) is 9. The third-order valence-corrected chi connectivity index (χ3v) is 10.1. The topological polar surface area (TPSA) is 131 Å². The molecule has 2 aromatic heterocycles. The zero-order valence-corrected chi connectivity index (χ0v) is 28.6. The Morgan fingerprint density at radius 1 is 1.04 bits per heavy atom.